The minimum absolute atomic E-state index is 0.539. The highest BCUT2D eigenvalue weighted by molar-refractivity contribution is 9.10. The molecule has 3 aromatic rings. The number of rotatable bonds is 5. The molecule has 150 valence electrons. The Morgan fingerprint density at radius 2 is 1.97 bits per heavy atom. The van der Waals surface area contributed by atoms with E-state index >= 15 is 0 Å². The second-order valence-corrected chi connectivity index (χ2v) is 8.36. The summed E-state index contributed by atoms with van der Waals surface area (Å²) in [4.78, 5) is 4.91. The molecule has 29 heavy (non-hydrogen) atoms. The first-order chi connectivity index (χ1) is 14.3. The molecule has 8 nitrogen and oxygen atoms in total. The van der Waals surface area contributed by atoms with Gasteiger partial charge in [-0.15, -0.1) is 10.6 Å². The van der Waals surface area contributed by atoms with Crippen molar-refractivity contribution in [1.29, 1.82) is 0 Å². The number of benzene rings is 1. The topological polar surface area (TPSA) is 90.7 Å². The van der Waals surface area contributed by atoms with E-state index in [4.69, 9.17) is 4.98 Å². The highest BCUT2D eigenvalue weighted by atomic mass is 79.9. The quantitative estimate of drug-likeness (QED) is 0.472. The number of halogens is 1. The molecule has 0 radical (unpaired) electrons. The van der Waals surface area contributed by atoms with Gasteiger partial charge in [-0.05, 0) is 34.3 Å². The van der Waals surface area contributed by atoms with Gasteiger partial charge < -0.3 is 5.32 Å². The van der Waals surface area contributed by atoms with Crippen LogP contribution in [0.1, 0.15) is 54.8 Å². The van der Waals surface area contributed by atoms with Crippen LogP contribution in [0.5, 0.6) is 0 Å². The van der Waals surface area contributed by atoms with Crippen molar-refractivity contribution in [2.45, 2.75) is 44.6 Å². The monoisotopic (exact) mass is 454 g/mol. The number of anilines is 1. The fourth-order valence-electron chi connectivity index (χ4n) is 4.00. The molecule has 3 heterocycles. The Hall–Kier alpha value is -2.65. The maximum atomic E-state index is 4.91. The van der Waals surface area contributed by atoms with E-state index < -0.39 is 0 Å². The highest BCUT2D eigenvalue weighted by Gasteiger charge is 2.20. The number of aromatic nitrogens is 3. The van der Waals surface area contributed by atoms with Gasteiger partial charge in [-0.25, -0.2) is 10.5 Å². The van der Waals surface area contributed by atoms with Gasteiger partial charge >= 0.3 is 0 Å². The van der Waals surface area contributed by atoms with Crippen LogP contribution in [0.15, 0.2) is 46.1 Å². The standard InChI is InChI=1S/C20H23BrN8/c21-16-12-23-29-18(10-17(24-20(16)29)14-4-2-1-3-5-14)22-11-13-6-8-15(9-7-13)19-25-27-28-26-19/h6-10,12,14,22,27-28H,1-5,11H2,(H,25,26). The van der Waals surface area contributed by atoms with Crippen LogP contribution >= 0.6 is 15.9 Å². The van der Waals surface area contributed by atoms with Crippen LogP contribution in [-0.2, 0) is 6.54 Å². The summed E-state index contributed by atoms with van der Waals surface area (Å²) in [5, 5.41) is 12.2. The number of amidine groups is 1. The SMILES string of the molecule is Brc1cnn2c(NCc3ccc(C4=NNNN4)cc3)cc(C3CCCCC3)nc12. The molecule has 1 saturated carbocycles. The van der Waals surface area contributed by atoms with Crippen molar-refractivity contribution < 1.29 is 0 Å². The summed E-state index contributed by atoms with van der Waals surface area (Å²) < 4.78 is 2.80. The van der Waals surface area contributed by atoms with Crippen LogP contribution in [0.3, 0.4) is 0 Å². The van der Waals surface area contributed by atoms with E-state index in [9.17, 15) is 0 Å². The van der Waals surface area contributed by atoms with Crippen molar-refractivity contribution in [2.75, 3.05) is 5.32 Å². The lowest BCUT2D eigenvalue weighted by atomic mass is 9.87. The largest absolute Gasteiger partial charge is 0.366 e. The Balaban J connectivity index is 1.37. The summed E-state index contributed by atoms with van der Waals surface area (Å²) in [5.74, 6) is 2.29. The molecule has 1 aliphatic carbocycles. The Labute approximate surface area is 177 Å². The molecule has 0 atom stereocenters. The number of nitrogens with one attached hydrogen (secondary N) is 4. The van der Waals surface area contributed by atoms with E-state index in [0.29, 0.717) is 12.5 Å². The van der Waals surface area contributed by atoms with Crippen LogP contribution in [-0.4, -0.2) is 20.4 Å². The molecule has 2 aromatic heterocycles. The number of hydrogen-bond acceptors (Lipinski definition) is 7. The van der Waals surface area contributed by atoms with E-state index in [1.807, 2.05) is 10.7 Å². The summed E-state index contributed by atoms with van der Waals surface area (Å²) >= 11 is 3.59. The Morgan fingerprint density at radius 1 is 1.14 bits per heavy atom. The molecule has 0 unspecified atom stereocenters. The van der Waals surface area contributed by atoms with Crippen molar-refractivity contribution in [3.8, 4) is 0 Å². The Bertz CT molecular complexity index is 1040. The molecular weight excluding hydrogens is 432 g/mol. The number of hydrazone groups is 1. The molecule has 9 heteroatoms. The van der Waals surface area contributed by atoms with Gasteiger partial charge in [-0.1, -0.05) is 43.5 Å². The maximum Gasteiger partial charge on any atom is 0.171 e. The number of fused-ring (bicyclic) bond motifs is 1. The molecule has 0 amide bonds. The van der Waals surface area contributed by atoms with Gasteiger partial charge in [0.1, 0.15) is 5.82 Å². The number of nitrogens with zero attached hydrogens (tertiary/aromatic N) is 4. The summed E-state index contributed by atoms with van der Waals surface area (Å²) in [6.45, 7) is 0.706. The predicted octanol–water partition coefficient (Wildman–Crippen LogP) is 3.43. The molecule has 5 rings (SSSR count). The van der Waals surface area contributed by atoms with Gasteiger partial charge in [0, 0.05) is 29.8 Å². The lowest BCUT2D eigenvalue weighted by Crippen LogP contribution is -2.35. The Kier molecular flexibility index (Phi) is 5.07. The zero-order chi connectivity index (χ0) is 19.6. The van der Waals surface area contributed by atoms with Crippen LogP contribution in [0.2, 0.25) is 0 Å². The maximum absolute atomic E-state index is 4.91. The summed E-state index contributed by atoms with van der Waals surface area (Å²) in [6.07, 6.45) is 8.17. The second-order valence-electron chi connectivity index (χ2n) is 7.50. The first-order valence-corrected chi connectivity index (χ1v) is 10.8. The third-order valence-electron chi connectivity index (χ3n) is 5.58. The highest BCUT2D eigenvalue weighted by Crippen LogP contribution is 2.33. The van der Waals surface area contributed by atoms with Crippen LogP contribution in [0.4, 0.5) is 5.82 Å². The van der Waals surface area contributed by atoms with Crippen LogP contribution in [0, 0.1) is 0 Å². The zero-order valence-electron chi connectivity index (χ0n) is 16.0. The zero-order valence-corrected chi connectivity index (χ0v) is 17.5. The van der Waals surface area contributed by atoms with E-state index in [1.54, 1.807) is 0 Å². The normalized spacial score (nSPS) is 17.1. The molecule has 2 aliphatic rings. The van der Waals surface area contributed by atoms with Crippen LogP contribution in [0.25, 0.3) is 5.65 Å². The van der Waals surface area contributed by atoms with E-state index in [0.717, 1.165) is 27.3 Å². The van der Waals surface area contributed by atoms with Crippen molar-refractivity contribution in [3.05, 3.63) is 57.8 Å². The van der Waals surface area contributed by atoms with Gasteiger partial charge in [-0.3, -0.25) is 5.43 Å². The number of hydrogen-bond donors (Lipinski definition) is 4. The average molecular weight is 455 g/mol. The summed E-state index contributed by atoms with van der Waals surface area (Å²) in [7, 11) is 0. The third-order valence-corrected chi connectivity index (χ3v) is 6.14. The van der Waals surface area contributed by atoms with Crippen LogP contribution < -0.4 is 21.8 Å². The lowest BCUT2D eigenvalue weighted by Gasteiger charge is -2.22. The molecule has 0 saturated heterocycles. The molecule has 0 bridgehead atoms. The molecule has 4 N–H and O–H groups in total. The van der Waals surface area contributed by atoms with Crippen molar-refractivity contribution in [1.82, 2.24) is 31.1 Å². The fraction of sp³-hybridized carbons (Fsp3) is 0.350. The van der Waals surface area contributed by atoms with E-state index in [2.05, 4.69) is 78.3 Å². The molecule has 1 fully saturated rings. The molecular formula is C20H23BrN8. The van der Waals surface area contributed by atoms with Gasteiger partial charge in [0.05, 0.1) is 10.7 Å². The van der Waals surface area contributed by atoms with Gasteiger partial charge in [0.15, 0.2) is 11.5 Å². The summed E-state index contributed by atoms with van der Waals surface area (Å²) in [6, 6.07) is 10.5. The Morgan fingerprint density at radius 3 is 2.72 bits per heavy atom. The minimum atomic E-state index is 0.539. The van der Waals surface area contributed by atoms with Gasteiger partial charge in [0.2, 0.25) is 0 Å². The molecule has 1 aromatic carbocycles. The minimum Gasteiger partial charge on any atom is -0.366 e. The van der Waals surface area contributed by atoms with Gasteiger partial charge in [-0.2, -0.15) is 9.61 Å². The third kappa shape index (κ3) is 3.79. The van der Waals surface area contributed by atoms with Crippen molar-refractivity contribution in [3.63, 3.8) is 0 Å². The van der Waals surface area contributed by atoms with E-state index in [-0.39, 0.29) is 0 Å². The first-order valence-electron chi connectivity index (χ1n) is 9.99. The fourth-order valence-corrected chi connectivity index (χ4v) is 4.35. The van der Waals surface area contributed by atoms with E-state index in [1.165, 1.54) is 43.4 Å². The molecule has 1 aliphatic heterocycles. The van der Waals surface area contributed by atoms with Crippen molar-refractivity contribution >= 4 is 33.2 Å². The van der Waals surface area contributed by atoms with Crippen molar-refractivity contribution in [2.24, 2.45) is 5.10 Å². The van der Waals surface area contributed by atoms with Gasteiger partial charge in [0.25, 0.3) is 0 Å². The summed E-state index contributed by atoms with van der Waals surface area (Å²) in [5.41, 5.74) is 12.6. The predicted molar refractivity (Wildman–Crippen MR) is 116 cm³/mol. The second kappa shape index (κ2) is 8.00. The lowest BCUT2D eigenvalue weighted by molar-refractivity contribution is 0.437. The number of hydrazine groups is 2. The first kappa shape index (κ1) is 18.4. The molecule has 0 spiro atoms. The average Bonchev–Trinajstić information content (AvgIpc) is 3.44. The smallest absolute Gasteiger partial charge is 0.171 e.